The summed E-state index contributed by atoms with van der Waals surface area (Å²) in [6, 6.07) is 21.0. The van der Waals surface area contributed by atoms with Crippen molar-refractivity contribution < 1.29 is 4.79 Å². The fourth-order valence-electron chi connectivity index (χ4n) is 3.40. The summed E-state index contributed by atoms with van der Waals surface area (Å²) in [7, 11) is 0. The summed E-state index contributed by atoms with van der Waals surface area (Å²) in [6.45, 7) is 4.36. The summed E-state index contributed by atoms with van der Waals surface area (Å²) in [5.74, 6) is -0.169. The third kappa shape index (κ3) is 3.84. The third-order valence-electron chi connectivity index (χ3n) is 4.82. The molecule has 0 spiro atoms. The molecule has 0 radical (unpaired) electrons. The molecule has 146 valence electrons. The zero-order valence-corrected chi connectivity index (χ0v) is 17.1. The molecule has 0 aliphatic carbocycles. The van der Waals surface area contributed by atoms with Crippen molar-refractivity contribution in [3.63, 3.8) is 0 Å². The van der Waals surface area contributed by atoms with E-state index >= 15 is 0 Å². The molecule has 5 nitrogen and oxygen atoms in total. The van der Waals surface area contributed by atoms with E-state index in [4.69, 9.17) is 0 Å². The van der Waals surface area contributed by atoms with Crippen LogP contribution in [-0.2, 0) is 11.3 Å². The van der Waals surface area contributed by atoms with E-state index in [-0.39, 0.29) is 18.0 Å². The van der Waals surface area contributed by atoms with Crippen LogP contribution in [0.4, 0.5) is 5.69 Å². The number of aryl methyl sites for hydroxylation is 1. The van der Waals surface area contributed by atoms with Crippen molar-refractivity contribution in [1.82, 2.24) is 9.78 Å². The van der Waals surface area contributed by atoms with Crippen molar-refractivity contribution in [2.75, 3.05) is 11.4 Å². The van der Waals surface area contributed by atoms with Crippen LogP contribution in [0.2, 0.25) is 0 Å². The van der Waals surface area contributed by atoms with Gasteiger partial charge in [-0.15, -0.1) is 11.3 Å². The van der Waals surface area contributed by atoms with Gasteiger partial charge in [0, 0.05) is 22.9 Å². The second-order valence-electron chi connectivity index (χ2n) is 6.76. The highest BCUT2D eigenvalue weighted by Gasteiger charge is 2.18. The molecule has 0 aliphatic heterocycles. The number of anilines is 1. The van der Waals surface area contributed by atoms with Gasteiger partial charge in [0.05, 0.1) is 10.6 Å². The van der Waals surface area contributed by atoms with E-state index in [1.807, 2.05) is 68.4 Å². The number of hydrogen-bond acceptors (Lipinski definition) is 4. The fraction of sp³-hybridized carbons (Fsp3) is 0.174. The minimum absolute atomic E-state index is 0.103. The number of carbonyl (C=O) groups is 1. The Kier molecular flexibility index (Phi) is 5.27. The van der Waals surface area contributed by atoms with Gasteiger partial charge in [-0.3, -0.25) is 9.59 Å². The van der Waals surface area contributed by atoms with Crippen LogP contribution in [0.3, 0.4) is 0 Å². The van der Waals surface area contributed by atoms with Crippen LogP contribution < -0.4 is 10.5 Å². The average molecular weight is 404 g/mol. The van der Waals surface area contributed by atoms with Crippen molar-refractivity contribution in [2.45, 2.75) is 20.4 Å². The van der Waals surface area contributed by atoms with Crippen LogP contribution in [0.15, 0.2) is 71.5 Å². The van der Waals surface area contributed by atoms with E-state index in [0.29, 0.717) is 12.2 Å². The van der Waals surface area contributed by atoms with Crippen LogP contribution in [0.25, 0.3) is 21.3 Å². The summed E-state index contributed by atoms with van der Waals surface area (Å²) in [5, 5.41) is 6.51. The number of likely N-dealkylation sites (N-methyl/N-ethyl adjacent to an activating group) is 1. The number of thiophene rings is 1. The predicted molar refractivity (Wildman–Crippen MR) is 119 cm³/mol. The fourth-order valence-corrected chi connectivity index (χ4v) is 4.24. The molecule has 6 heteroatoms. The van der Waals surface area contributed by atoms with Gasteiger partial charge in [-0.25, -0.2) is 4.68 Å². The molecule has 0 fully saturated rings. The lowest BCUT2D eigenvalue weighted by molar-refractivity contribution is -0.119. The van der Waals surface area contributed by atoms with Crippen LogP contribution in [-0.4, -0.2) is 22.2 Å². The second kappa shape index (κ2) is 8.01. The maximum atomic E-state index is 13.1. The highest BCUT2D eigenvalue weighted by Crippen LogP contribution is 2.27. The van der Waals surface area contributed by atoms with Crippen molar-refractivity contribution in [3.05, 3.63) is 82.0 Å². The van der Waals surface area contributed by atoms with Crippen LogP contribution >= 0.6 is 11.3 Å². The first-order valence-corrected chi connectivity index (χ1v) is 10.3. The second-order valence-corrected chi connectivity index (χ2v) is 8.05. The monoisotopic (exact) mass is 403 g/mol. The number of amides is 1. The lowest BCUT2D eigenvalue weighted by Gasteiger charge is -2.23. The van der Waals surface area contributed by atoms with Gasteiger partial charge in [-0.2, -0.15) is 5.10 Å². The molecule has 1 amide bonds. The van der Waals surface area contributed by atoms with Gasteiger partial charge in [0.25, 0.3) is 5.56 Å². The minimum Gasteiger partial charge on any atom is -0.310 e. The molecular weight excluding hydrogens is 382 g/mol. The zero-order chi connectivity index (χ0) is 20.4. The van der Waals surface area contributed by atoms with Crippen molar-refractivity contribution in [3.8, 4) is 10.6 Å². The summed E-state index contributed by atoms with van der Waals surface area (Å²) >= 11 is 1.61. The molecule has 0 N–H and O–H groups in total. The number of rotatable bonds is 5. The lowest BCUT2D eigenvalue weighted by atomic mass is 10.1. The lowest BCUT2D eigenvalue weighted by Crippen LogP contribution is -2.37. The quantitative estimate of drug-likeness (QED) is 0.493. The maximum Gasteiger partial charge on any atom is 0.267 e. The Bertz CT molecular complexity index is 1240. The SMILES string of the molecule is CCN(C(=O)Cn1nc(-c2ccc(C)s2)ccc1=O)c1cccc2ccccc12. The molecular formula is C23H21N3O2S. The Hall–Kier alpha value is -3.25. The number of carbonyl (C=O) groups excluding carboxylic acids is 1. The van der Waals surface area contributed by atoms with Gasteiger partial charge in [0.15, 0.2) is 0 Å². The van der Waals surface area contributed by atoms with Gasteiger partial charge in [-0.05, 0) is 43.5 Å². The molecule has 29 heavy (non-hydrogen) atoms. The first-order chi connectivity index (χ1) is 14.1. The molecule has 4 aromatic rings. The Labute approximate surface area is 172 Å². The number of aromatic nitrogens is 2. The Morgan fingerprint density at radius 3 is 2.59 bits per heavy atom. The Morgan fingerprint density at radius 1 is 1.03 bits per heavy atom. The average Bonchev–Trinajstić information content (AvgIpc) is 3.17. The van der Waals surface area contributed by atoms with Crippen molar-refractivity contribution in [2.24, 2.45) is 0 Å². The molecule has 0 bridgehead atoms. The molecule has 0 saturated carbocycles. The van der Waals surface area contributed by atoms with Gasteiger partial charge in [-0.1, -0.05) is 36.4 Å². The maximum absolute atomic E-state index is 13.1. The zero-order valence-electron chi connectivity index (χ0n) is 16.3. The van der Waals surface area contributed by atoms with E-state index < -0.39 is 0 Å². The highest BCUT2D eigenvalue weighted by atomic mass is 32.1. The Balaban J connectivity index is 1.66. The predicted octanol–water partition coefficient (Wildman–Crippen LogP) is 4.49. The van der Waals surface area contributed by atoms with E-state index in [1.165, 1.54) is 15.6 Å². The smallest absolute Gasteiger partial charge is 0.267 e. The Morgan fingerprint density at radius 2 is 1.83 bits per heavy atom. The van der Waals surface area contributed by atoms with E-state index in [0.717, 1.165) is 21.3 Å². The molecule has 0 atom stereocenters. The van der Waals surface area contributed by atoms with Gasteiger partial charge >= 0.3 is 0 Å². The van der Waals surface area contributed by atoms with Crippen LogP contribution in [0.5, 0.6) is 0 Å². The largest absolute Gasteiger partial charge is 0.310 e. The molecule has 4 rings (SSSR count). The molecule has 2 aromatic heterocycles. The normalized spacial score (nSPS) is 11.0. The van der Waals surface area contributed by atoms with Gasteiger partial charge in [0.2, 0.25) is 5.91 Å². The van der Waals surface area contributed by atoms with Crippen LogP contribution in [0, 0.1) is 6.92 Å². The summed E-state index contributed by atoms with van der Waals surface area (Å²) < 4.78 is 1.25. The molecule has 2 aromatic carbocycles. The number of fused-ring (bicyclic) bond motifs is 1. The van der Waals surface area contributed by atoms with Crippen LogP contribution in [0.1, 0.15) is 11.8 Å². The van der Waals surface area contributed by atoms with Gasteiger partial charge in [0.1, 0.15) is 12.2 Å². The van der Waals surface area contributed by atoms with E-state index in [1.54, 1.807) is 22.3 Å². The topological polar surface area (TPSA) is 55.2 Å². The molecule has 0 saturated heterocycles. The summed E-state index contributed by atoms with van der Waals surface area (Å²) in [4.78, 5) is 29.3. The molecule has 2 heterocycles. The first kappa shape index (κ1) is 19.1. The van der Waals surface area contributed by atoms with Crippen molar-refractivity contribution in [1.29, 1.82) is 0 Å². The van der Waals surface area contributed by atoms with Crippen molar-refractivity contribution >= 4 is 33.7 Å². The number of nitrogens with zero attached hydrogens (tertiary/aromatic N) is 3. The highest BCUT2D eigenvalue weighted by molar-refractivity contribution is 7.15. The summed E-state index contributed by atoms with van der Waals surface area (Å²) in [6.07, 6.45) is 0. The number of hydrogen-bond donors (Lipinski definition) is 0. The number of benzene rings is 2. The molecule has 0 unspecified atom stereocenters. The third-order valence-corrected chi connectivity index (χ3v) is 5.84. The molecule has 0 aliphatic rings. The van der Waals surface area contributed by atoms with Gasteiger partial charge < -0.3 is 4.90 Å². The van der Waals surface area contributed by atoms with E-state index in [2.05, 4.69) is 5.10 Å². The van der Waals surface area contributed by atoms with E-state index in [9.17, 15) is 9.59 Å². The first-order valence-electron chi connectivity index (χ1n) is 9.50. The summed E-state index contributed by atoms with van der Waals surface area (Å²) in [5.41, 5.74) is 1.25. The minimum atomic E-state index is -0.288. The standard InChI is InChI=1S/C23H21N3O2S/c1-3-25(20-10-6-8-17-7-4-5-9-18(17)20)23(28)15-26-22(27)14-12-19(24-26)21-13-11-16(2)29-21/h4-14H,3,15H2,1-2H3.